The molecule has 0 heterocycles. The van der Waals surface area contributed by atoms with E-state index in [1.54, 1.807) is 0 Å². The monoisotopic (exact) mass is 748 g/mol. The second kappa shape index (κ2) is 13.5. The second-order valence-electron chi connectivity index (χ2n) is 17.2. The smallest absolute Gasteiger partial charge is 0.0468 e. The Balaban J connectivity index is 0.999. The van der Waals surface area contributed by atoms with Crippen LogP contribution in [-0.4, -0.2) is 0 Å². The summed E-state index contributed by atoms with van der Waals surface area (Å²) in [7, 11) is 0. The molecule has 0 aliphatic heterocycles. The molecule has 2 heteroatoms. The van der Waals surface area contributed by atoms with Crippen LogP contribution in [-0.2, 0) is 10.8 Å². The zero-order valence-corrected chi connectivity index (χ0v) is 34.2. The van der Waals surface area contributed by atoms with Crippen LogP contribution in [0.5, 0.6) is 0 Å². The summed E-state index contributed by atoms with van der Waals surface area (Å²) < 4.78 is 0. The minimum absolute atomic E-state index is 0.0297. The summed E-state index contributed by atoms with van der Waals surface area (Å²) >= 11 is 0. The SMILES string of the molecule is Cc1ccc(N(c2ccc(-c3ccc(N(c4ccc(C)cc4)c4ccc5c(c4)-c4ccccc4C5(C)C)cc3)cc2)c2ccc3c(c2)-c2ccccc2C3(C)C)cc1. The van der Waals surface area contributed by atoms with Crippen LogP contribution in [0.3, 0.4) is 0 Å². The first kappa shape index (κ1) is 35.8. The summed E-state index contributed by atoms with van der Waals surface area (Å²) in [5.41, 5.74) is 22.5. The van der Waals surface area contributed by atoms with Gasteiger partial charge in [-0.3, -0.25) is 0 Å². The molecular weight excluding hydrogens is 701 g/mol. The molecule has 2 nitrogen and oxygen atoms in total. The third kappa shape index (κ3) is 5.78. The summed E-state index contributed by atoms with van der Waals surface area (Å²) in [6.07, 6.45) is 0. The van der Waals surface area contributed by atoms with Crippen molar-refractivity contribution in [3.63, 3.8) is 0 Å². The molecular formula is C56H48N2. The molecule has 58 heavy (non-hydrogen) atoms. The number of aryl methyl sites for hydroxylation is 2. The number of hydrogen-bond acceptors (Lipinski definition) is 2. The molecule has 0 spiro atoms. The van der Waals surface area contributed by atoms with Crippen molar-refractivity contribution in [2.45, 2.75) is 52.4 Å². The van der Waals surface area contributed by atoms with Crippen LogP contribution < -0.4 is 9.80 Å². The lowest BCUT2D eigenvalue weighted by Crippen LogP contribution is -2.15. The largest absolute Gasteiger partial charge is 0.310 e. The van der Waals surface area contributed by atoms with Crippen molar-refractivity contribution in [3.05, 3.63) is 215 Å². The Bertz CT molecular complexity index is 2630. The van der Waals surface area contributed by atoms with Crippen LogP contribution in [0.25, 0.3) is 33.4 Å². The van der Waals surface area contributed by atoms with Crippen molar-refractivity contribution in [3.8, 4) is 33.4 Å². The van der Waals surface area contributed by atoms with E-state index in [0.717, 1.165) is 34.1 Å². The van der Waals surface area contributed by atoms with Gasteiger partial charge < -0.3 is 9.80 Å². The van der Waals surface area contributed by atoms with Gasteiger partial charge in [0, 0.05) is 45.0 Å². The number of nitrogens with zero attached hydrogens (tertiary/aromatic N) is 2. The maximum atomic E-state index is 2.39. The molecule has 2 aliphatic carbocycles. The van der Waals surface area contributed by atoms with E-state index in [4.69, 9.17) is 0 Å². The number of fused-ring (bicyclic) bond motifs is 6. The van der Waals surface area contributed by atoms with Crippen molar-refractivity contribution in [1.82, 2.24) is 0 Å². The molecule has 0 fully saturated rings. The predicted molar refractivity (Wildman–Crippen MR) is 246 cm³/mol. The van der Waals surface area contributed by atoms with E-state index < -0.39 is 0 Å². The maximum Gasteiger partial charge on any atom is 0.0468 e. The highest BCUT2D eigenvalue weighted by Crippen LogP contribution is 2.52. The van der Waals surface area contributed by atoms with Gasteiger partial charge in [-0.1, -0.05) is 148 Å². The van der Waals surface area contributed by atoms with Gasteiger partial charge in [0.1, 0.15) is 0 Å². The van der Waals surface area contributed by atoms with Crippen LogP contribution in [0.2, 0.25) is 0 Å². The highest BCUT2D eigenvalue weighted by molar-refractivity contribution is 5.89. The van der Waals surface area contributed by atoms with Crippen molar-refractivity contribution in [2.24, 2.45) is 0 Å². The molecule has 0 saturated carbocycles. The predicted octanol–water partition coefficient (Wildman–Crippen LogP) is 15.5. The minimum atomic E-state index is -0.0297. The Morgan fingerprint density at radius 3 is 0.948 bits per heavy atom. The van der Waals surface area contributed by atoms with Gasteiger partial charge >= 0.3 is 0 Å². The third-order valence-electron chi connectivity index (χ3n) is 12.8. The van der Waals surface area contributed by atoms with Crippen molar-refractivity contribution in [2.75, 3.05) is 9.80 Å². The lowest BCUT2D eigenvalue weighted by Gasteiger charge is -2.28. The quantitative estimate of drug-likeness (QED) is 0.160. The third-order valence-corrected chi connectivity index (χ3v) is 12.8. The zero-order valence-electron chi connectivity index (χ0n) is 34.2. The summed E-state index contributed by atoms with van der Waals surface area (Å²) in [5.74, 6) is 0. The molecule has 8 aromatic carbocycles. The van der Waals surface area contributed by atoms with E-state index in [1.165, 1.54) is 66.8 Å². The number of benzene rings is 8. The average molecular weight is 749 g/mol. The lowest BCUT2D eigenvalue weighted by molar-refractivity contribution is 0.660. The Labute approximate surface area is 343 Å². The number of rotatable bonds is 7. The first-order valence-electron chi connectivity index (χ1n) is 20.5. The standard InChI is InChI=1S/C56H48N2/c1-37-15-23-41(24-16-37)57(45-31-33-53-49(35-45)47-11-7-9-13-51(47)55(53,3)4)43-27-19-39(20-28-43)40-21-29-44(30-22-40)58(42-25-17-38(2)18-26-42)46-32-34-54-50(36-46)48-12-8-10-14-52(48)56(54,5)6/h7-36H,1-6H3. The zero-order chi connectivity index (χ0) is 39.8. The molecule has 8 aromatic rings. The molecule has 0 atom stereocenters. The van der Waals surface area contributed by atoms with Crippen molar-refractivity contribution in [1.29, 1.82) is 0 Å². The topological polar surface area (TPSA) is 6.48 Å². The maximum absolute atomic E-state index is 2.39. The van der Waals surface area contributed by atoms with Crippen LogP contribution in [0.1, 0.15) is 61.1 Å². The fraction of sp³-hybridized carbons (Fsp3) is 0.143. The summed E-state index contributed by atoms with van der Waals surface area (Å²) in [6.45, 7) is 13.7. The Hall–Kier alpha value is -6.64. The highest BCUT2D eigenvalue weighted by Gasteiger charge is 2.37. The Morgan fingerprint density at radius 2 is 0.586 bits per heavy atom. The minimum Gasteiger partial charge on any atom is -0.310 e. The van der Waals surface area contributed by atoms with Gasteiger partial charge in [-0.25, -0.2) is 0 Å². The molecule has 2 aliphatic rings. The molecule has 0 N–H and O–H groups in total. The van der Waals surface area contributed by atoms with E-state index in [1.807, 2.05) is 0 Å². The van der Waals surface area contributed by atoms with Crippen LogP contribution in [0, 0.1) is 13.8 Å². The first-order valence-corrected chi connectivity index (χ1v) is 20.5. The van der Waals surface area contributed by atoms with Gasteiger partial charge in [0.15, 0.2) is 0 Å². The molecule has 10 rings (SSSR count). The molecule has 0 radical (unpaired) electrons. The normalized spacial score (nSPS) is 14.0. The van der Waals surface area contributed by atoms with E-state index >= 15 is 0 Å². The van der Waals surface area contributed by atoms with Crippen LogP contribution >= 0.6 is 0 Å². The van der Waals surface area contributed by atoms with E-state index in [-0.39, 0.29) is 10.8 Å². The van der Waals surface area contributed by atoms with E-state index in [2.05, 4.69) is 233 Å². The molecule has 0 unspecified atom stereocenters. The molecule has 0 amide bonds. The van der Waals surface area contributed by atoms with Gasteiger partial charge in [-0.15, -0.1) is 0 Å². The fourth-order valence-corrected chi connectivity index (χ4v) is 9.58. The molecule has 282 valence electrons. The van der Waals surface area contributed by atoms with Gasteiger partial charge in [0.05, 0.1) is 0 Å². The average Bonchev–Trinajstić information content (AvgIpc) is 3.62. The fourth-order valence-electron chi connectivity index (χ4n) is 9.58. The molecule has 0 bridgehead atoms. The van der Waals surface area contributed by atoms with Gasteiger partial charge in [-0.2, -0.15) is 0 Å². The van der Waals surface area contributed by atoms with Crippen LogP contribution in [0.4, 0.5) is 34.1 Å². The van der Waals surface area contributed by atoms with Gasteiger partial charge in [-0.05, 0) is 142 Å². The Morgan fingerprint density at radius 1 is 0.293 bits per heavy atom. The van der Waals surface area contributed by atoms with Gasteiger partial charge in [0.25, 0.3) is 0 Å². The van der Waals surface area contributed by atoms with E-state index in [9.17, 15) is 0 Å². The molecule has 0 aromatic heterocycles. The second-order valence-corrected chi connectivity index (χ2v) is 17.2. The van der Waals surface area contributed by atoms with Crippen molar-refractivity contribution >= 4 is 34.1 Å². The van der Waals surface area contributed by atoms with Crippen LogP contribution in [0.15, 0.2) is 182 Å². The summed E-state index contributed by atoms with van der Waals surface area (Å²) in [6, 6.07) is 67.6. The molecule has 0 saturated heterocycles. The Kier molecular flexibility index (Phi) is 8.32. The summed E-state index contributed by atoms with van der Waals surface area (Å²) in [5, 5.41) is 0. The number of anilines is 6. The van der Waals surface area contributed by atoms with E-state index in [0.29, 0.717) is 0 Å². The first-order chi connectivity index (χ1) is 28.1. The van der Waals surface area contributed by atoms with Crippen molar-refractivity contribution < 1.29 is 0 Å². The lowest BCUT2D eigenvalue weighted by atomic mass is 9.82. The number of hydrogen-bond donors (Lipinski definition) is 0. The van der Waals surface area contributed by atoms with Gasteiger partial charge in [0.2, 0.25) is 0 Å². The summed E-state index contributed by atoms with van der Waals surface area (Å²) in [4.78, 5) is 4.77. The highest BCUT2D eigenvalue weighted by atomic mass is 15.1.